The summed E-state index contributed by atoms with van der Waals surface area (Å²) in [5, 5.41) is 3.49. The van der Waals surface area contributed by atoms with Gasteiger partial charge in [0, 0.05) is 6.42 Å². The van der Waals surface area contributed by atoms with Crippen molar-refractivity contribution in [1.82, 2.24) is 4.98 Å². The molecule has 3 aromatic rings. The molecule has 2 aromatic carbocycles. The normalized spacial score (nSPS) is 14.4. The molecule has 0 atom stereocenters. The second-order valence-corrected chi connectivity index (χ2v) is 12.1. The van der Waals surface area contributed by atoms with E-state index in [0.29, 0.717) is 34.5 Å². The number of hydrogen-bond acceptors (Lipinski definition) is 6. The molecule has 0 unspecified atom stereocenters. The molecule has 1 aliphatic rings. The number of rotatable bonds is 8. The van der Waals surface area contributed by atoms with E-state index in [2.05, 4.69) is 15.0 Å². The highest BCUT2D eigenvalue weighted by Gasteiger charge is 2.22. The number of amides is 1. The minimum absolute atomic E-state index is 0.00608. The molecule has 2 N–H and O–H groups in total. The van der Waals surface area contributed by atoms with E-state index in [9.17, 15) is 13.2 Å². The van der Waals surface area contributed by atoms with Gasteiger partial charge in [-0.15, -0.1) is 0 Å². The lowest BCUT2D eigenvalue weighted by Crippen LogP contribution is -2.18. The van der Waals surface area contributed by atoms with Gasteiger partial charge in [0.1, 0.15) is 5.75 Å². The third kappa shape index (κ3) is 6.07. The van der Waals surface area contributed by atoms with Gasteiger partial charge in [-0.2, -0.15) is 0 Å². The van der Waals surface area contributed by atoms with Crippen molar-refractivity contribution < 1.29 is 17.9 Å². The summed E-state index contributed by atoms with van der Waals surface area (Å²) >= 11 is 1.37. The Bertz CT molecular complexity index is 1360. The van der Waals surface area contributed by atoms with Crippen LogP contribution >= 0.6 is 11.3 Å². The molecule has 0 radical (unpaired) electrons. The molecule has 7 nitrogen and oxygen atoms in total. The van der Waals surface area contributed by atoms with E-state index in [4.69, 9.17) is 4.74 Å². The van der Waals surface area contributed by atoms with Crippen molar-refractivity contribution in [3.63, 3.8) is 0 Å². The van der Waals surface area contributed by atoms with Crippen molar-refractivity contribution in [2.75, 3.05) is 17.1 Å². The molecule has 1 fully saturated rings. The lowest BCUT2D eigenvalue weighted by atomic mass is 9.87. The Hall–Kier alpha value is -2.91. The minimum Gasteiger partial charge on any atom is -0.497 e. The molecule has 0 spiro atoms. The molecule has 4 rings (SSSR count). The first-order valence-corrected chi connectivity index (χ1v) is 14.5. The smallest absolute Gasteiger partial charge is 0.262 e. The number of nitrogens with zero attached hydrogens (tertiary/aromatic N) is 1. The number of ether oxygens (including phenoxy) is 1. The molecule has 1 amide bonds. The summed E-state index contributed by atoms with van der Waals surface area (Å²) < 4.78 is 34.6. The van der Waals surface area contributed by atoms with Gasteiger partial charge >= 0.3 is 0 Å². The van der Waals surface area contributed by atoms with Crippen LogP contribution in [0.2, 0.25) is 0 Å². The maximum atomic E-state index is 13.3. The Morgan fingerprint density at radius 3 is 2.50 bits per heavy atom. The van der Waals surface area contributed by atoms with Crippen molar-refractivity contribution in [2.24, 2.45) is 5.92 Å². The third-order valence-electron chi connectivity index (χ3n) is 6.66. The molecule has 1 aliphatic carbocycles. The van der Waals surface area contributed by atoms with Gasteiger partial charge in [0.2, 0.25) is 5.91 Å². The first-order chi connectivity index (χ1) is 17.2. The fourth-order valence-corrected chi connectivity index (χ4v) is 7.03. The van der Waals surface area contributed by atoms with E-state index in [1.165, 1.54) is 30.6 Å². The summed E-state index contributed by atoms with van der Waals surface area (Å²) in [6.07, 6.45) is 6.41. The SMILES string of the molecule is COc1ccc(NS(=O)(=O)c2cc(-c3sc(NC(=O)CC4CCCCC4)nc3C)ccc2C)c(C)c1. The van der Waals surface area contributed by atoms with Crippen LogP contribution in [0.5, 0.6) is 5.75 Å². The number of methoxy groups -OCH3 is 1. The molecule has 192 valence electrons. The second-order valence-electron chi connectivity index (χ2n) is 9.46. The largest absolute Gasteiger partial charge is 0.497 e. The average molecular weight is 528 g/mol. The van der Waals surface area contributed by atoms with Crippen molar-refractivity contribution in [2.45, 2.75) is 64.2 Å². The van der Waals surface area contributed by atoms with Gasteiger partial charge in [-0.1, -0.05) is 42.7 Å². The number of thiazole rings is 1. The Labute approximate surface area is 217 Å². The van der Waals surface area contributed by atoms with Crippen LogP contribution in [0, 0.1) is 26.7 Å². The fraction of sp³-hybridized carbons (Fsp3) is 0.407. The Morgan fingerprint density at radius 2 is 1.81 bits per heavy atom. The van der Waals surface area contributed by atoms with Crippen LogP contribution in [0.3, 0.4) is 0 Å². The third-order valence-corrected chi connectivity index (χ3v) is 9.29. The number of anilines is 2. The van der Waals surface area contributed by atoms with Gasteiger partial charge in [0.15, 0.2) is 5.13 Å². The maximum Gasteiger partial charge on any atom is 0.262 e. The average Bonchev–Trinajstić information content (AvgIpc) is 3.20. The lowest BCUT2D eigenvalue weighted by Gasteiger charge is -2.20. The number of hydrogen-bond donors (Lipinski definition) is 2. The molecule has 9 heteroatoms. The molecule has 0 saturated heterocycles. The van der Waals surface area contributed by atoms with Crippen molar-refractivity contribution in [3.8, 4) is 16.2 Å². The number of carbonyl (C=O) groups excluding carboxylic acids is 1. The van der Waals surface area contributed by atoms with Crippen LogP contribution in [0.25, 0.3) is 10.4 Å². The van der Waals surface area contributed by atoms with Crippen LogP contribution in [-0.4, -0.2) is 26.4 Å². The number of benzene rings is 2. The maximum absolute atomic E-state index is 13.3. The quantitative estimate of drug-likeness (QED) is 0.351. The number of aryl methyl sites for hydroxylation is 3. The number of carbonyl (C=O) groups is 1. The molecule has 1 heterocycles. The van der Waals surface area contributed by atoms with Gasteiger partial charge in [-0.3, -0.25) is 9.52 Å². The molecule has 36 heavy (non-hydrogen) atoms. The minimum atomic E-state index is -3.83. The summed E-state index contributed by atoms with van der Waals surface area (Å²) in [6.45, 7) is 5.47. The standard InChI is InChI=1S/C27H33N3O4S2/c1-17-10-11-21(16-24(17)36(32,33)30-23-13-12-22(34-4)14-18(23)2)26-19(3)28-27(35-26)29-25(31)15-20-8-6-5-7-9-20/h10-14,16,20,30H,5-9,15H2,1-4H3,(H,28,29,31). The summed E-state index contributed by atoms with van der Waals surface area (Å²) in [5.74, 6) is 1.11. The summed E-state index contributed by atoms with van der Waals surface area (Å²) in [6, 6.07) is 10.6. The van der Waals surface area contributed by atoms with Gasteiger partial charge in [0.05, 0.1) is 28.3 Å². The molecule has 0 bridgehead atoms. The van der Waals surface area contributed by atoms with Crippen molar-refractivity contribution >= 4 is 38.1 Å². The summed E-state index contributed by atoms with van der Waals surface area (Å²) in [5.41, 5.74) is 3.39. The van der Waals surface area contributed by atoms with Crippen LogP contribution in [-0.2, 0) is 14.8 Å². The zero-order valence-corrected chi connectivity index (χ0v) is 22.8. The molecular weight excluding hydrogens is 494 g/mol. The zero-order chi connectivity index (χ0) is 25.9. The fourth-order valence-electron chi connectivity index (χ4n) is 4.65. The number of nitrogens with one attached hydrogen (secondary N) is 2. The highest BCUT2D eigenvalue weighted by Crippen LogP contribution is 2.36. The summed E-state index contributed by atoms with van der Waals surface area (Å²) in [7, 11) is -2.26. The predicted molar refractivity (Wildman–Crippen MR) is 145 cm³/mol. The van der Waals surface area contributed by atoms with Gasteiger partial charge < -0.3 is 10.1 Å². The van der Waals surface area contributed by atoms with E-state index >= 15 is 0 Å². The van der Waals surface area contributed by atoms with Crippen molar-refractivity contribution in [3.05, 3.63) is 53.2 Å². The van der Waals surface area contributed by atoms with E-state index in [1.54, 1.807) is 44.4 Å². The predicted octanol–water partition coefficient (Wildman–Crippen LogP) is 6.45. The lowest BCUT2D eigenvalue weighted by molar-refractivity contribution is -0.117. The van der Waals surface area contributed by atoms with Crippen LogP contribution < -0.4 is 14.8 Å². The van der Waals surface area contributed by atoms with E-state index < -0.39 is 10.0 Å². The first-order valence-electron chi connectivity index (χ1n) is 12.2. The topological polar surface area (TPSA) is 97.4 Å². The van der Waals surface area contributed by atoms with Crippen LogP contribution in [0.15, 0.2) is 41.3 Å². The highest BCUT2D eigenvalue weighted by atomic mass is 32.2. The molecular formula is C27H33N3O4S2. The van der Waals surface area contributed by atoms with Crippen molar-refractivity contribution in [1.29, 1.82) is 0 Å². The van der Waals surface area contributed by atoms with Gasteiger partial charge in [-0.05, 0) is 80.5 Å². The Balaban J connectivity index is 1.54. The Morgan fingerprint density at radius 1 is 1.06 bits per heavy atom. The van der Waals surface area contributed by atoms with Gasteiger partial charge in [-0.25, -0.2) is 13.4 Å². The molecule has 1 aromatic heterocycles. The van der Waals surface area contributed by atoms with E-state index in [0.717, 1.165) is 34.5 Å². The zero-order valence-electron chi connectivity index (χ0n) is 21.2. The summed E-state index contributed by atoms with van der Waals surface area (Å²) in [4.78, 5) is 18.1. The number of aromatic nitrogens is 1. The van der Waals surface area contributed by atoms with E-state index in [-0.39, 0.29) is 10.8 Å². The van der Waals surface area contributed by atoms with Crippen LogP contribution in [0.4, 0.5) is 10.8 Å². The van der Waals surface area contributed by atoms with Gasteiger partial charge in [0.25, 0.3) is 10.0 Å². The Kier molecular flexibility index (Phi) is 8.00. The highest BCUT2D eigenvalue weighted by molar-refractivity contribution is 7.92. The van der Waals surface area contributed by atoms with Crippen LogP contribution in [0.1, 0.15) is 55.3 Å². The first kappa shape index (κ1) is 26.2. The molecule has 0 aliphatic heterocycles. The second kappa shape index (κ2) is 11.0. The molecule has 1 saturated carbocycles. The monoisotopic (exact) mass is 527 g/mol. The van der Waals surface area contributed by atoms with E-state index in [1.807, 2.05) is 19.9 Å². The number of sulfonamides is 1.